The van der Waals surface area contributed by atoms with Gasteiger partial charge in [0.1, 0.15) is 24.3 Å². The lowest BCUT2D eigenvalue weighted by Gasteiger charge is -2.51. The van der Waals surface area contributed by atoms with Gasteiger partial charge in [-0.05, 0) is 92.3 Å². The number of fused-ring (bicyclic) bond motifs is 4. The molecule has 3 aliphatic carbocycles. The highest BCUT2D eigenvalue weighted by molar-refractivity contribution is 6.74. The summed E-state index contributed by atoms with van der Waals surface area (Å²) in [6, 6.07) is 18.8. The number of hydrogen-bond donors (Lipinski definition) is 1. The fourth-order valence-electron chi connectivity index (χ4n) is 9.57. The second-order valence-corrected chi connectivity index (χ2v) is 24.4. The Morgan fingerprint density at radius 1 is 0.800 bits per heavy atom. The van der Waals surface area contributed by atoms with Crippen molar-refractivity contribution < 1.29 is 47.2 Å². The maximum absolute atomic E-state index is 14.3. The van der Waals surface area contributed by atoms with Crippen LogP contribution >= 0.6 is 23.2 Å². The number of rotatable bonds is 11. The van der Waals surface area contributed by atoms with E-state index in [0.717, 1.165) is 11.1 Å². The van der Waals surface area contributed by atoms with E-state index in [1.165, 1.54) is 6.08 Å². The zero-order chi connectivity index (χ0) is 47.1. The molecule has 1 saturated heterocycles. The van der Waals surface area contributed by atoms with Gasteiger partial charge in [0, 0.05) is 11.8 Å². The molecule has 0 saturated carbocycles. The Labute approximate surface area is 390 Å². The van der Waals surface area contributed by atoms with Crippen LogP contribution < -0.4 is 9.47 Å². The number of aromatic nitrogens is 2. The van der Waals surface area contributed by atoms with Gasteiger partial charge < -0.3 is 32.8 Å². The maximum atomic E-state index is 14.3. The minimum atomic E-state index is -2.53. The second-order valence-electron chi connectivity index (χ2n) is 18.9. The standard InChI is InChI=1S/C26H34N2O5Si.C21H22N2O5.CH2Cl2/c1-25(2,3)34(6,7)33-26-18(14-11-15-19(26)29)21(28(4)5)22-20(23(26)30)24(27-32-22)31-16-17-12-9-8-10-13-17;1-23(2)17-15-9-14-8-13(10-24)21(15,27-14)19(25)16-18(17)28-22-20(16)26-11-12-6-4-3-5-7-12;2-1-3/h8-13,15,18,21H,14,16H2,1-7H3;3-8,14-15,17,24H,9-11H2,1-2H3;1H2/t18-,21-,26-;14-,15-,17-,21+;/m00./s1. The number of Topliss-reactive ketones (excluding diaryl/α,β-unsaturated/α-hetero) is 2. The molecule has 0 unspecified atom stereocenters. The van der Waals surface area contributed by atoms with Gasteiger partial charge >= 0.3 is 0 Å². The number of hydrogen-bond acceptors (Lipinski definition) is 14. The van der Waals surface area contributed by atoms with Crippen LogP contribution in [0, 0.1) is 11.8 Å². The average Bonchev–Trinajstić information content (AvgIpc) is 4.06. The third-order valence-corrected chi connectivity index (χ3v) is 17.9. The molecule has 4 heterocycles. The van der Waals surface area contributed by atoms with Crippen molar-refractivity contribution in [2.24, 2.45) is 11.8 Å². The van der Waals surface area contributed by atoms with E-state index < -0.39 is 31.2 Å². The number of ketones is 3. The number of ether oxygens (including phenoxy) is 3. The molecule has 0 radical (unpaired) electrons. The molecule has 2 aliphatic heterocycles. The maximum Gasteiger partial charge on any atom is 0.265 e. The molecule has 7 atom stereocenters. The topological polar surface area (TPSA) is 167 Å². The summed E-state index contributed by atoms with van der Waals surface area (Å²) in [5.41, 5.74) is 0.297. The summed E-state index contributed by atoms with van der Waals surface area (Å²) in [6.07, 6.45) is 6.28. The molecule has 0 amide bonds. The molecule has 1 N–H and O–H groups in total. The smallest absolute Gasteiger partial charge is 0.265 e. The van der Waals surface area contributed by atoms with Gasteiger partial charge in [-0.1, -0.05) is 93.6 Å². The Kier molecular flexibility index (Phi) is 14.2. The quantitative estimate of drug-likeness (QED) is 0.0658. The van der Waals surface area contributed by atoms with Gasteiger partial charge in [0.05, 0.1) is 30.1 Å². The van der Waals surface area contributed by atoms with Crippen LogP contribution in [0.4, 0.5) is 0 Å². The highest BCUT2D eigenvalue weighted by Gasteiger charge is 2.68. The molecule has 14 nitrogen and oxygen atoms in total. The summed E-state index contributed by atoms with van der Waals surface area (Å²) in [4.78, 5) is 45.5. The number of aliphatic hydroxyl groups is 1. The van der Waals surface area contributed by atoms with Crippen molar-refractivity contribution in [2.45, 2.75) is 94.3 Å². The molecule has 1 spiro atoms. The van der Waals surface area contributed by atoms with Crippen LogP contribution in [0.5, 0.6) is 11.8 Å². The first kappa shape index (κ1) is 48.5. The molecule has 348 valence electrons. The van der Waals surface area contributed by atoms with E-state index in [2.05, 4.69) is 44.2 Å². The number of nitrogens with zero attached hydrogens (tertiary/aromatic N) is 4. The highest BCUT2D eigenvalue weighted by Crippen LogP contribution is 2.59. The third-order valence-electron chi connectivity index (χ3n) is 13.5. The Balaban J connectivity index is 0.000000186. The number of allylic oxidation sites excluding steroid dienone is 1. The average molecular weight is 950 g/mol. The molecule has 2 aromatic carbocycles. The first-order valence-electron chi connectivity index (χ1n) is 21.7. The SMILES string of the molecule is CN(C)[C@@H]1c2onc(OCc3ccccc3)c2C(=O)[C@@]2(O[Si](C)(C)C(C)(C)C)C(=O)C=CC[C@@H]12.CN(C)[C@@H]1c2onc(OCc3ccccc3)c2C(=O)[C@@]23O[C@@H](C=C2CO)C[C@@H]13.ClCCl. The van der Waals surface area contributed by atoms with Gasteiger partial charge in [-0.3, -0.25) is 24.2 Å². The van der Waals surface area contributed by atoms with Crippen LogP contribution in [0.25, 0.3) is 0 Å². The summed E-state index contributed by atoms with van der Waals surface area (Å²) in [7, 11) is 5.18. The molecule has 65 heavy (non-hydrogen) atoms. The van der Waals surface area contributed by atoms with E-state index in [4.69, 9.17) is 50.9 Å². The Hall–Kier alpha value is -4.45. The molecule has 9 rings (SSSR count). The molecule has 17 heteroatoms. The predicted molar refractivity (Wildman–Crippen MR) is 247 cm³/mol. The number of halogens is 2. The fraction of sp³-hybridized carbons (Fsp3) is 0.479. The monoisotopic (exact) mass is 948 g/mol. The summed E-state index contributed by atoms with van der Waals surface area (Å²) in [5.74, 6) is -0.272. The van der Waals surface area contributed by atoms with E-state index in [9.17, 15) is 19.5 Å². The minimum absolute atomic E-state index is 0.106. The van der Waals surface area contributed by atoms with Gasteiger partial charge in [-0.15, -0.1) is 23.2 Å². The van der Waals surface area contributed by atoms with Crippen molar-refractivity contribution in [3.05, 3.63) is 118 Å². The number of carbonyl (C=O) groups excluding carboxylic acids is 3. The lowest BCUT2D eigenvalue weighted by Crippen LogP contribution is -2.65. The molecular weight excluding hydrogens is 892 g/mol. The van der Waals surface area contributed by atoms with Crippen LogP contribution in [0.3, 0.4) is 0 Å². The van der Waals surface area contributed by atoms with E-state index >= 15 is 0 Å². The van der Waals surface area contributed by atoms with Crippen LogP contribution in [0.15, 0.2) is 93.5 Å². The van der Waals surface area contributed by atoms with Gasteiger partial charge in [0.25, 0.3) is 11.8 Å². The molecule has 2 bridgehead atoms. The van der Waals surface area contributed by atoms with Crippen molar-refractivity contribution in [3.8, 4) is 11.8 Å². The van der Waals surface area contributed by atoms with Crippen LogP contribution in [0.1, 0.15) is 89.1 Å². The third kappa shape index (κ3) is 8.59. The van der Waals surface area contributed by atoms with Gasteiger partial charge in [0.15, 0.2) is 36.8 Å². The van der Waals surface area contributed by atoms with E-state index in [0.29, 0.717) is 35.5 Å². The summed E-state index contributed by atoms with van der Waals surface area (Å²) >= 11 is 9.53. The lowest BCUT2D eigenvalue weighted by molar-refractivity contribution is -0.135. The normalized spacial score (nSPS) is 26.3. The van der Waals surface area contributed by atoms with E-state index in [1.54, 1.807) is 0 Å². The zero-order valence-corrected chi connectivity index (χ0v) is 40.8. The van der Waals surface area contributed by atoms with Crippen molar-refractivity contribution >= 4 is 48.9 Å². The van der Waals surface area contributed by atoms with Crippen LogP contribution in [-0.4, -0.2) is 108 Å². The van der Waals surface area contributed by atoms with E-state index in [-0.39, 0.29) is 83.2 Å². The molecule has 5 aliphatic rings. The van der Waals surface area contributed by atoms with Crippen LogP contribution in [0.2, 0.25) is 18.1 Å². The molecule has 1 fully saturated rings. The molecule has 2 aromatic heterocycles. The first-order valence-corrected chi connectivity index (χ1v) is 25.6. The summed E-state index contributed by atoms with van der Waals surface area (Å²) < 4.78 is 36.2. The summed E-state index contributed by atoms with van der Waals surface area (Å²) in [5, 5.41) is 18.1. The molecule has 4 aromatic rings. The van der Waals surface area contributed by atoms with Gasteiger partial charge in [-0.25, -0.2) is 0 Å². The zero-order valence-electron chi connectivity index (χ0n) is 38.3. The Morgan fingerprint density at radius 2 is 1.29 bits per heavy atom. The van der Waals surface area contributed by atoms with Crippen molar-refractivity contribution in [1.82, 2.24) is 20.1 Å². The molecular formula is C48H58Cl2N4O10Si. The fourth-order valence-corrected chi connectivity index (χ4v) is 11.0. The minimum Gasteiger partial charge on any atom is -0.470 e. The highest BCUT2D eigenvalue weighted by atomic mass is 35.5. The van der Waals surface area contributed by atoms with Crippen molar-refractivity contribution in [1.29, 1.82) is 0 Å². The van der Waals surface area contributed by atoms with E-state index in [1.807, 2.05) is 111 Å². The van der Waals surface area contributed by atoms with Crippen molar-refractivity contribution in [2.75, 3.05) is 40.1 Å². The van der Waals surface area contributed by atoms with Gasteiger partial charge in [0.2, 0.25) is 11.6 Å². The Morgan fingerprint density at radius 3 is 1.77 bits per heavy atom. The Bertz CT molecular complexity index is 2430. The first-order chi connectivity index (χ1) is 30.9. The second kappa shape index (κ2) is 19.0. The number of aliphatic hydroxyl groups excluding tert-OH is 1. The van der Waals surface area contributed by atoms with Gasteiger partial charge in [-0.2, -0.15) is 0 Å². The van der Waals surface area contributed by atoms with Crippen molar-refractivity contribution in [3.63, 3.8) is 0 Å². The number of alkyl halides is 2. The summed E-state index contributed by atoms with van der Waals surface area (Å²) in [6.45, 7) is 10.7. The number of carbonyl (C=O) groups is 3. The lowest BCUT2D eigenvalue weighted by atomic mass is 9.65. The predicted octanol–water partition coefficient (Wildman–Crippen LogP) is 8.51. The van der Waals surface area contributed by atoms with Crippen LogP contribution in [-0.2, 0) is 27.2 Å². The largest absolute Gasteiger partial charge is 0.470 e. The number of benzene rings is 2.